The molecule has 24 nitrogen and oxygen atoms in total. The molecule has 2 rings (SSSR count). The summed E-state index contributed by atoms with van der Waals surface area (Å²) >= 11 is 0. The van der Waals surface area contributed by atoms with Gasteiger partial charge in [0.1, 0.15) is 48.0 Å². The average Bonchev–Trinajstić information content (AvgIpc) is 3.88. The molecule has 10 amide bonds. The summed E-state index contributed by atoms with van der Waals surface area (Å²) in [5, 5.41) is 29.2. The molecular formula is C52H87N13O11. The van der Waals surface area contributed by atoms with Crippen molar-refractivity contribution in [2.24, 2.45) is 34.2 Å². The zero-order chi connectivity index (χ0) is 57.4. The summed E-state index contributed by atoms with van der Waals surface area (Å²) < 4.78 is 0. The van der Waals surface area contributed by atoms with E-state index in [1.54, 1.807) is 46.8 Å². The Hall–Kier alpha value is -7.01. The first-order chi connectivity index (χ1) is 35.8. The molecule has 1 saturated heterocycles. The maximum atomic E-state index is 14.8. The van der Waals surface area contributed by atoms with Crippen molar-refractivity contribution >= 4 is 65.0 Å². The molecule has 9 atom stereocenters. The van der Waals surface area contributed by atoms with Crippen molar-refractivity contribution in [2.75, 3.05) is 46.8 Å². The van der Waals surface area contributed by atoms with Gasteiger partial charge in [-0.3, -0.25) is 52.9 Å². The molecule has 0 aromatic heterocycles. The Labute approximate surface area is 447 Å². The van der Waals surface area contributed by atoms with Crippen LogP contribution in [-0.4, -0.2) is 174 Å². The number of amides is 10. The highest BCUT2D eigenvalue weighted by molar-refractivity contribution is 5.98. The first-order valence-corrected chi connectivity index (χ1v) is 26.5. The van der Waals surface area contributed by atoms with Crippen molar-refractivity contribution in [1.29, 1.82) is 0 Å². The number of benzene rings is 1. The zero-order valence-electron chi connectivity index (χ0n) is 46.5. The van der Waals surface area contributed by atoms with E-state index in [2.05, 4.69) is 42.2 Å². The smallest absolute Gasteiger partial charge is 0.245 e. The van der Waals surface area contributed by atoms with E-state index in [1.165, 1.54) is 47.9 Å². The van der Waals surface area contributed by atoms with Crippen LogP contribution in [0, 0.1) is 17.8 Å². The number of nitrogens with zero attached hydrogens (tertiary/aromatic N) is 4. The van der Waals surface area contributed by atoms with E-state index in [-0.39, 0.29) is 55.9 Å². The maximum Gasteiger partial charge on any atom is 0.245 e. The van der Waals surface area contributed by atoms with Crippen molar-refractivity contribution < 1.29 is 53.1 Å². The second-order valence-corrected chi connectivity index (χ2v) is 20.0. The van der Waals surface area contributed by atoms with Crippen LogP contribution in [0.3, 0.4) is 0 Å². The Morgan fingerprint density at radius 1 is 0.737 bits per heavy atom. The van der Waals surface area contributed by atoms with Gasteiger partial charge < -0.3 is 68.5 Å². The van der Waals surface area contributed by atoms with E-state index in [4.69, 9.17) is 11.5 Å². The molecule has 12 N–H and O–H groups in total. The lowest BCUT2D eigenvalue weighted by Crippen LogP contribution is -2.62. The van der Waals surface area contributed by atoms with Crippen LogP contribution in [0.25, 0.3) is 0 Å². The highest BCUT2D eigenvalue weighted by Gasteiger charge is 2.41. The molecule has 0 spiro atoms. The van der Waals surface area contributed by atoms with Crippen molar-refractivity contribution in [3.63, 3.8) is 0 Å². The quantitative estimate of drug-likeness (QED) is 0.0255. The fourth-order valence-electron chi connectivity index (χ4n) is 8.54. The number of hydrogen-bond acceptors (Lipinski definition) is 12. The van der Waals surface area contributed by atoms with Gasteiger partial charge in [0, 0.05) is 47.1 Å². The number of nitrogens with two attached hydrogens (primary N) is 2. The number of aliphatic imine (C=N–C) groups is 1. The number of phenols is 1. The van der Waals surface area contributed by atoms with Gasteiger partial charge in [-0.1, -0.05) is 79.9 Å². The minimum absolute atomic E-state index is 0.0390. The van der Waals surface area contributed by atoms with E-state index in [9.17, 15) is 53.1 Å². The lowest BCUT2D eigenvalue weighted by molar-refractivity contribution is -0.144. The molecule has 76 heavy (non-hydrogen) atoms. The van der Waals surface area contributed by atoms with Crippen LogP contribution in [0.15, 0.2) is 29.3 Å². The fraction of sp³-hybridized carbons (Fsp3) is 0.673. The third kappa shape index (κ3) is 20.6. The minimum atomic E-state index is -1.34. The molecule has 1 aliphatic rings. The van der Waals surface area contributed by atoms with Crippen LogP contribution in [0.2, 0.25) is 0 Å². The topological polar surface area (TPSA) is 349 Å². The van der Waals surface area contributed by atoms with Crippen LogP contribution in [0.5, 0.6) is 5.75 Å². The molecule has 426 valence electrons. The second kappa shape index (κ2) is 32.4. The van der Waals surface area contributed by atoms with Gasteiger partial charge in [-0.25, -0.2) is 0 Å². The van der Waals surface area contributed by atoms with Crippen molar-refractivity contribution in [2.45, 2.75) is 162 Å². The highest BCUT2D eigenvalue weighted by Crippen LogP contribution is 2.22. The molecular weight excluding hydrogens is 983 g/mol. The number of nitrogens with one attached hydrogen (secondary N) is 7. The molecule has 1 fully saturated rings. The molecule has 0 bridgehead atoms. The van der Waals surface area contributed by atoms with Gasteiger partial charge in [0.05, 0.1) is 13.1 Å². The van der Waals surface area contributed by atoms with E-state index in [1.807, 2.05) is 20.8 Å². The number of guanidine groups is 1. The Kier molecular flexibility index (Phi) is 27.8. The zero-order valence-corrected chi connectivity index (χ0v) is 46.5. The van der Waals surface area contributed by atoms with Gasteiger partial charge >= 0.3 is 0 Å². The minimum Gasteiger partial charge on any atom is -0.508 e. The standard InChI is InChI=1S/C52H87N13O11/c1-12-18-38(46(71)61-43(31(7)13-2)48(73)58-36(19-16-25-56-52(53)54)51(76)65-26-17-20-39(65)45(70)55-15-4)64(11)50(75)37(27-34-21-23-35(67)24-22-34)59-49(74)44(32(8)14-3)62-47(72)42(30(5)6)60-40(68)28-57-41(69)29-63(10)33(9)66/h21-24,30-32,36-39,42-44,67H,12-20,25-29H2,1-11H3,(H,55,70)(H,57,69)(H,58,73)(H,59,74)(H,60,68)(H,61,71)(H,62,72)(H4,53,54,56)/t31-,32-,36-,37-,38-,39-,42-,43-,44+/m0/s1. The third-order valence-electron chi connectivity index (χ3n) is 13.6. The highest BCUT2D eigenvalue weighted by atomic mass is 16.3. The number of hydrogen-bond donors (Lipinski definition) is 10. The second-order valence-electron chi connectivity index (χ2n) is 20.0. The number of phenolic OH excluding ortho intramolecular Hbond substituents is 1. The molecule has 1 heterocycles. The van der Waals surface area contributed by atoms with Gasteiger partial charge in [0.2, 0.25) is 59.1 Å². The average molecular weight is 1070 g/mol. The number of rotatable bonds is 31. The lowest BCUT2D eigenvalue weighted by Gasteiger charge is -2.34. The summed E-state index contributed by atoms with van der Waals surface area (Å²) in [6.45, 7) is 15.5. The predicted octanol–water partition coefficient (Wildman–Crippen LogP) is -0.491. The summed E-state index contributed by atoms with van der Waals surface area (Å²) in [6, 6.07) is -1.92. The first-order valence-electron chi connectivity index (χ1n) is 26.5. The molecule has 1 aliphatic heterocycles. The van der Waals surface area contributed by atoms with Crippen LogP contribution in [0.1, 0.15) is 119 Å². The largest absolute Gasteiger partial charge is 0.508 e. The van der Waals surface area contributed by atoms with Crippen LogP contribution in [-0.2, 0) is 54.4 Å². The Morgan fingerprint density at radius 2 is 1.30 bits per heavy atom. The maximum absolute atomic E-state index is 14.8. The summed E-state index contributed by atoms with van der Waals surface area (Å²) in [4.78, 5) is 144. The summed E-state index contributed by atoms with van der Waals surface area (Å²) in [5.74, 6) is -7.47. The number of carbonyl (C=O) groups excluding carboxylic acids is 10. The molecule has 24 heteroatoms. The number of likely N-dealkylation sites (N-methyl/N-ethyl adjacent to an activating group) is 3. The van der Waals surface area contributed by atoms with Crippen LogP contribution in [0.4, 0.5) is 0 Å². The molecule has 0 unspecified atom stereocenters. The third-order valence-corrected chi connectivity index (χ3v) is 13.6. The van der Waals surface area contributed by atoms with Crippen molar-refractivity contribution in [3.05, 3.63) is 29.8 Å². The molecule has 0 aliphatic carbocycles. The fourth-order valence-corrected chi connectivity index (χ4v) is 8.54. The Balaban J connectivity index is 2.47. The molecule has 0 radical (unpaired) electrons. The van der Waals surface area contributed by atoms with Crippen molar-refractivity contribution in [3.8, 4) is 5.75 Å². The number of likely N-dealkylation sites (tertiary alicyclic amines) is 1. The summed E-state index contributed by atoms with van der Waals surface area (Å²) in [5.41, 5.74) is 11.6. The summed E-state index contributed by atoms with van der Waals surface area (Å²) in [6.07, 6.45) is 2.73. The predicted molar refractivity (Wildman–Crippen MR) is 286 cm³/mol. The van der Waals surface area contributed by atoms with Gasteiger partial charge in [-0.15, -0.1) is 0 Å². The summed E-state index contributed by atoms with van der Waals surface area (Å²) in [7, 11) is 2.84. The van der Waals surface area contributed by atoms with E-state index < -0.39 is 114 Å². The molecule has 1 aromatic carbocycles. The molecule has 1 aromatic rings. The number of aromatic hydroxyl groups is 1. The van der Waals surface area contributed by atoms with Gasteiger partial charge in [-0.2, -0.15) is 0 Å². The molecule has 0 saturated carbocycles. The Bertz CT molecular complexity index is 2170. The first kappa shape index (κ1) is 65.1. The SMILES string of the molecule is CCC[C@@H](C(=O)N[C@H](C(=O)N[C@@H](CCCN=C(N)N)C(=O)N1CCC[C@H]1C(=O)NCC)[C@@H](C)CC)N(C)C(=O)[C@H](Cc1ccc(O)cc1)NC(=O)[C@H](NC(=O)[C@@H](NC(=O)CNC(=O)CN(C)C(C)=O)C(C)C)[C@@H](C)CC. The van der Waals surface area contributed by atoms with E-state index >= 15 is 0 Å². The number of carbonyl (C=O) groups is 10. The van der Waals surface area contributed by atoms with Gasteiger partial charge in [-0.05, 0) is 74.5 Å². The van der Waals surface area contributed by atoms with Gasteiger partial charge in [0.25, 0.3) is 0 Å². The monoisotopic (exact) mass is 1070 g/mol. The lowest BCUT2D eigenvalue weighted by atomic mass is 9.95. The van der Waals surface area contributed by atoms with E-state index in [0.29, 0.717) is 57.2 Å². The van der Waals surface area contributed by atoms with E-state index in [0.717, 1.165) is 0 Å². The van der Waals surface area contributed by atoms with Crippen molar-refractivity contribution in [1.82, 2.24) is 51.9 Å². The van der Waals surface area contributed by atoms with Gasteiger partial charge in [0.15, 0.2) is 5.96 Å². The Morgan fingerprint density at radius 3 is 1.83 bits per heavy atom. The van der Waals surface area contributed by atoms with Crippen LogP contribution < -0.4 is 48.7 Å². The van der Waals surface area contributed by atoms with Crippen LogP contribution >= 0.6 is 0 Å². The normalized spacial score (nSPS) is 16.2.